The van der Waals surface area contributed by atoms with Crippen molar-refractivity contribution in [1.29, 1.82) is 0 Å². The fraction of sp³-hybridized carbons (Fsp3) is 0.292. The van der Waals surface area contributed by atoms with Gasteiger partial charge in [0.25, 0.3) is 0 Å². The molecule has 4 rings (SSSR count). The first-order chi connectivity index (χ1) is 14.0. The second kappa shape index (κ2) is 7.96. The van der Waals surface area contributed by atoms with Crippen LogP contribution in [-0.4, -0.2) is 13.0 Å². The maximum Gasteiger partial charge on any atom is 0.248 e. The van der Waals surface area contributed by atoms with Gasteiger partial charge in [-0.15, -0.1) is 0 Å². The third-order valence-corrected chi connectivity index (χ3v) is 5.86. The Kier molecular flexibility index (Phi) is 5.37. The van der Waals surface area contributed by atoms with Crippen molar-refractivity contribution in [2.45, 2.75) is 39.5 Å². The summed E-state index contributed by atoms with van der Waals surface area (Å²) < 4.78 is 11.9. The molecule has 1 amide bonds. The van der Waals surface area contributed by atoms with Gasteiger partial charge in [0.1, 0.15) is 17.1 Å². The van der Waals surface area contributed by atoms with Crippen molar-refractivity contribution in [3.63, 3.8) is 0 Å². The minimum absolute atomic E-state index is 0.232. The molecule has 0 saturated carbocycles. The lowest BCUT2D eigenvalue weighted by Crippen LogP contribution is -2.09. The van der Waals surface area contributed by atoms with Crippen LogP contribution in [0.25, 0.3) is 16.5 Å². The van der Waals surface area contributed by atoms with E-state index in [9.17, 15) is 4.79 Å². The lowest BCUT2D eigenvalue weighted by atomic mass is 9.93. The summed E-state index contributed by atoms with van der Waals surface area (Å²) in [5.74, 6) is 1.60. The Morgan fingerprint density at radius 3 is 2.76 bits per heavy atom. The average Bonchev–Trinajstić information content (AvgIpc) is 3.09. The van der Waals surface area contributed by atoms with Crippen molar-refractivity contribution in [1.82, 2.24) is 0 Å². The van der Waals surface area contributed by atoms with E-state index in [0.717, 1.165) is 58.4 Å². The lowest BCUT2D eigenvalue weighted by molar-refractivity contribution is -0.111. The Bertz CT molecular complexity index is 1130. The minimum atomic E-state index is -0.232. The molecule has 0 fully saturated rings. The van der Waals surface area contributed by atoms with Gasteiger partial charge >= 0.3 is 0 Å². The highest BCUT2D eigenvalue weighted by atomic mass is 35.5. The second-order valence-electron chi connectivity index (χ2n) is 7.47. The third kappa shape index (κ3) is 3.65. The number of methoxy groups -OCH3 is 1. The summed E-state index contributed by atoms with van der Waals surface area (Å²) >= 11 is 6.14. The van der Waals surface area contributed by atoms with Crippen LogP contribution in [0.5, 0.6) is 5.75 Å². The molecule has 0 radical (unpaired) electrons. The number of hydrogen-bond donors (Lipinski definition) is 1. The summed E-state index contributed by atoms with van der Waals surface area (Å²) in [5, 5.41) is 4.48. The summed E-state index contributed by atoms with van der Waals surface area (Å²) in [7, 11) is 1.65. The Morgan fingerprint density at radius 2 is 2.00 bits per heavy atom. The fourth-order valence-corrected chi connectivity index (χ4v) is 4.28. The molecule has 0 spiro atoms. The van der Waals surface area contributed by atoms with E-state index in [2.05, 4.69) is 11.4 Å². The number of furan rings is 1. The van der Waals surface area contributed by atoms with Crippen LogP contribution in [0, 0.1) is 6.92 Å². The number of para-hydroxylation sites is 1. The fourth-order valence-electron chi connectivity index (χ4n) is 4.10. The summed E-state index contributed by atoms with van der Waals surface area (Å²) in [6.45, 7) is 3.93. The molecular weight excluding hydrogens is 386 g/mol. The van der Waals surface area contributed by atoms with Gasteiger partial charge in [0.15, 0.2) is 0 Å². The van der Waals surface area contributed by atoms with Gasteiger partial charge in [-0.3, -0.25) is 4.79 Å². The smallest absolute Gasteiger partial charge is 0.248 e. The van der Waals surface area contributed by atoms with E-state index < -0.39 is 0 Å². The third-order valence-electron chi connectivity index (χ3n) is 5.53. The molecule has 0 bridgehead atoms. The zero-order chi connectivity index (χ0) is 20.5. The van der Waals surface area contributed by atoms with E-state index in [1.807, 2.05) is 26.0 Å². The highest BCUT2D eigenvalue weighted by Crippen LogP contribution is 2.41. The molecule has 1 heterocycles. The largest absolute Gasteiger partial charge is 0.496 e. The van der Waals surface area contributed by atoms with Crippen molar-refractivity contribution in [2.75, 3.05) is 12.4 Å². The number of allylic oxidation sites excluding steroid dienone is 1. The van der Waals surface area contributed by atoms with Crippen molar-refractivity contribution >= 4 is 39.7 Å². The number of aryl methyl sites for hydroxylation is 3. The molecule has 0 aliphatic heterocycles. The van der Waals surface area contributed by atoms with Crippen LogP contribution in [0.15, 0.2) is 40.8 Å². The summed E-state index contributed by atoms with van der Waals surface area (Å²) in [6, 6.07) is 9.28. The monoisotopic (exact) mass is 409 g/mol. The number of fused-ring (bicyclic) bond motifs is 3. The van der Waals surface area contributed by atoms with Gasteiger partial charge in [-0.1, -0.05) is 23.7 Å². The van der Waals surface area contributed by atoms with Gasteiger partial charge in [-0.2, -0.15) is 0 Å². The molecule has 1 aliphatic rings. The number of amides is 1. The van der Waals surface area contributed by atoms with E-state index in [1.54, 1.807) is 25.3 Å². The predicted molar refractivity (Wildman–Crippen MR) is 118 cm³/mol. The predicted octanol–water partition coefficient (Wildman–Crippen LogP) is 6.32. The molecule has 3 aromatic rings. The van der Waals surface area contributed by atoms with Crippen LogP contribution >= 0.6 is 11.6 Å². The molecule has 1 N–H and O–H groups in total. The number of hydrogen-bond acceptors (Lipinski definition) is 3. The number of nitrogens with one attached hydrogen (secondary N) is 1. The molecule has 150 valence electrons. The molecule has 2 aromatic carbocycles. The first-order valence-corrected chi connectivity index (χ1v) is 10.2. The summed E-state index contributed by atoms with van der Waals surface area (Å²) in [5.41, 5.74) is 5.47. The zero-order valence-electron chi connectivity index (χ0n) is 16.9. The zero-order valence-corrected chi connectivity index (χ0v) is 17.7. The van der Waals surface area contributed by atoms with Crippen LogP contribution in [0.2, 0.25) is 5.02 Å². The van der Waals surface area contributed by atoms with Gasteiger partial charge in [0.05, 0.1) is 17.8 Å². The standard InChI is InChI=1S/C24H24ClNO3/c1-14(12-22(27)26-20-10-6-5-9-19(20)25)17-13-18-16-8-4-7-11-21(16)29-24(18)15(2)23(17)28-3/h5-6,9-10,12-13H,4,7-8,11H2,1-3H3,(H,26,27)/b14-12+. The van der Waals surface area contributed by atoms with E-state index in [4.69, 9.17) is 20.8 Å². The molecule has 0 saturated heterocycles. The van der Waals surface area contributed by atoms with Crippen LogP contribution in [-0.2, 0) is 17.6 Å². The quantitative estimate of drug-likeness (QED) is 0.512. The van der Waals surface area contributed by atoms with Gasteiger partial charge in [0, 0.05) is 34.6 Å². The van der Waals surface area contributed by atoms with Crippen LogP contribution in [0.3, 0.4) is 0 Å². The van der Waals surface area contributed by atoms with Gasteiger partial charge in [-0.25, -0.2) is 0 Å². The second-order valence-corrected chi connectivity index (χ2v) is 7.87. The van der Waals surface area contributed by atoms with E-state index in [1.165, 1.54) is 12.0 Å². The molecule has 1 aliphatic carbocycles. The molecule has 5 heteroatoms. The number of anilines is 1. The minimum Gasteiger partial charge on any atom is -0.496 e. The lowest BCUT2D eigenvalue weighted by Gasteiger charge is -2.14. The number of carbonyl (C=O) groups is 1. The summed E-state index contributed by atoms with van der Waals surface area (Å²) in [4.78, 5) is 12.6. The van der Waals surface area contributed by atoms with Gasteiger partial charge < -0.3 is 14.5 Å². The maximum atomic E-state index is 12.6. The van der Waals surface area contributed by atoms with E-state index in [0.29, 0.717) is 10.7 Å². The van der Waals surface area contributed by atoms with Crippen molar-refractivity contribution < 1.29 is 13.9 Å². The number of ether oxygens (including phenoxy) is 1. The van der Waals surface area contributed by atoms with Crippen molar-refractivity contribution in [3.8, 4) is 5.75 Å². The number of halogens is 1. The van der Waals surface area contributed by atoms with Crippen molar-refractivity contribution in [3.05, 3.63) is 63.9 Å². The first kappa shape index (κ1) is 19.6. The molecule has 0 atom stereocenters. The Balaban J connectivity index is 1.74. The van der Waals surface area contributed by atoms with Crippen LogP contribution in [0.1, 0.15) is 42.2 Å². The molecule has 29 heavy (non-hydrogen) atoms. The Hall–Kier alpha value is -2.72. The molecule has 0 unspecified atom stereocenters. The van der Waals surface area contributed by atoms with E-state index >= 15 is 0 Å². The Labute approximate surface area is 175 Å². The van der Waals surface area contributed by atoms with Crippen LogP contribution in [0.4, 0.5) is 5.69 Å². The topological polar surface area (TPSA) is 51.5 Å². The van der Waals surface area contributed by atoms with Crippen LogP contribution < -0.4 is 10.1 Å². The highest BCUT2D eigenvalue weighted by Gasteiger charge is 2.23. The number of carbonyl (C=O) groups excluding carboxylic acids is 1. The van der Waals surface area contributed by atoms with Gasteiger partial charge in [-0.05, 0) is 56.9 Å². The highest BCUT2D eigenvalue weighted by molar-refractivity contribution is 6.33. The molecular formula is C24H24ClNO3. The number of benzene rings is 2. The SMILES string of the molecule is COc1c(/C(C)=C/C(=O)Nc2ccccc2Cl)cc2c3c(oc2c1C)CCCC3. The van der Waals surface area contributed by atoms with Gasteiger partial charge in [0.2, 0.25) is 5.91 Å². The normalized spacial score (nSPS) is 14.0. The molecule has 4 nitrogen and oxygen atoms in total. The summed E-state index contributed by atoms with van der Waals surface area (Å²) in [6.07, 6.45) is 5.94. The maximum absolute atomic E-state index is 12.6. The first-order valence-electron chi connectivity index (χ1n) is 9.85. The van der Waals surface area contributed by atoms with E-state index in [-0.39, 0.29) is 5.91 Å². The number of rotatable bonds is 4. The van der Waals surface area contributed by atoms with Crippen molar-refractivity contribution in [2.24, 2.45) is 0 Å². The molecule has 1 aromatic heterocycles. The Morgan fingerprint density at radius 1 is 1.24 bits per heavy atom. The average molecular weight is 410 g/mol.